The van der Waals surface area contributed by atoms with Crippen LogP contribution in [0, 0.1) is 0 Å². The third-order valence-corrected chi connectivity index (χ3v) is 7.40. The van der Waals surface area contributed by atoms with E-state index < -0.39 is 34.5 Å². The molecule has 0 saturated carbocycles. The maximum absolute atomic E-state index is 13.6. The fraction of sp³-hybridized carbons (Fsp3) is 0.238. The lowest BCUT2D eigenvalue weighted by atomic mass is 9.98. The highest BCUT2D eigenvalue weighted by atomic mass is 32.2. The molecule has 0 radical (unpaired) electrons. The number of aryl methyl sites for hydroxylation is 1. The third-order valence-electron chi connectivity index (χ3n) is 5.51. The summed E-state index contributed by atoms with van der Waals surface area (Å²) in [6, 6.07) is 8.96. The van der Waals surface area contributed by atoms with Crippen molar-refractivity contribution in [3.05, 3.63) is 77.7 Å². The number of rotatable bonds is 6. The molecular weight excluding hydrogens is 470 g/mol. The zero-order valence-corrected chi connectivity index (χ0v) is 18.5. The van der Waals surface area contributed by atoms with Crippen molar-refractivity contribution in [2.45, 2.75) is 30.0 Å². The highest BCUT2D eigenvalue weighted by Gasteiger charge is 2.44. The van der Waals surface area contributed by atoms with E-state index in [1.807, 2.05) is 0 Å². The van der Waals surface area contributed by atoms with Crippen molar-refractivity contribution in [1.29, 1.82) is 0 Å². The Labute approximate surface area is 192 Å². The normalized spacial score (nSPS) is 17.1. The molecule has 0 saturated heterocycles. The Hall–Kier alpha value is -3.55. The summed E-state index contributed by atoms with van der Waals surface area (Å²) in [5, 5.41) is 22.2. The number of benzene rings is 1. The van der Waals surface area contributed by atoms with Crippen LogP contribution in [0.2, 0.25) is 0 Å². The largest absolute Gasteiger partial charge is 0.415 e. The number of nitrogens with zero attached hydrogens (tertiary/aromatic N) is 6. The highest BCUT2D eigenvalue weighted by Crippen LogP contribution is 2.43. The quantitative estimate of drug-likeness (QED) is 0.439. The van der Waals surface area contributed by atoms with Gasteiger partial charge in [-0.15, -0.1) is 10.2 Å². The SMILES string of the molecule is Cn1cc([C@H]([C@@H](O)c2ccccc2)N2Cc3ncc(-c4nnc(C(F)F)o4)cc3S2(=O)=O)cn1. The van der Waals surface area contributed by atoms with Crippen molar-refractivity contribution < 1.29 is 26.7 Å². The standard InChI is InChI=1S/C21H18F2N6O4S/c1-28-10-14(9-25-28)17(18(30)12-5-3-2-4-6-12)29-11-15-16(34(29,31)32)7-13(8-24-15)20-26-27-21(33-20)19(22)23/h2-10,17-19,30H,11H2,1H3/t17-,18+/m1/s1. The van der Waals surface area contributed by atoms with Crippen molar-refractivity contribution in [1.82, 2.24) is 29.3 Å². The Bertz CT molecular complexity index is 1440. The number of aliphatic hydroxyl groups is 1. The Morgan fingerprint density at radius 1 is 1.12 bits per heavy atom. The summed E-state index contributed by atoms with van der Waals surface area (Å²) in [7, 11) is -2.45. The van der Waals surface area contributed by atoms with Crippen LogP contribution in [0.5, 0.6) is 0 Å². The van der Waals surface area contributed by atoms with Gasteiger partial charge in [-0.1, -0.05) is 30.3 Å². The van der Waals surface area contributed by atoms with Gasteiger partial charge in [-0.25, -0.2) is 8.42 Å². The van der Waals surface area contributed by atoms with Gasteiger partial charge in [-0.05, 0) is 11.6 Å². The summed E-state index contributed by atoms with van der Waals surface area (Å²) in [6.45, 7) is -0.104. The fourth-order valence-electron chi connectivity index (χ4n) is 3.91. The van der Waals surface area contributed by atoms with E-state index in [2.05, 4.69) is 20.3 Å². The molecule has 0 spiro atoms. The van der Waals surface area contributed by atoms with E-state index in [9.17, 15) is 22.3 Å². The van der Waals surface area contributed by atoms with Gasteiger partial charge in [0, 0.05) is 25.0 Å². The summed E-state index contributed by atoms with van der Waals surface area (Å²) in [6.07, 6.45) is 0.269. The number of aromatic nitrogens is 5. The van der Waals surface area contributed by atoms with Crippen molar-refractivity contribution in [3.63, 3.8) is 0 Å². The minimum Gasteiger partial charge on any atom is -0.415 e. The van der Waals surface area contributed by atoms with Gasteiger partial charge in [0.05, 0.1) is 36.1 Å². The zero-order chi connectivity index (χ0) is 24.0. The molecule has 3 aromatic heterocycles. The van der Waals surface area contributed by atoms with Gasteiger partial charge in [-0.3, -0.25) is 9.67 Å². The van der Waals surface area contributed by atoms with Gasteiger partial charge in [0.1, 0.15) is 4.90 Å². The van der Waals surface area contributed by atoms with Gasteiger partial charge in [0.2, 0.25) is 15.9 Å². The van der Waals surface area contributed by atoms with E-state index in [1.165, 1.54) is 23.1 Å². The van der Waals surface area contributed by atoms with E-state index in [1.54, 1.807) is 43.6 Å². The molecule has 1 aliphatic heterocycles. The Morgan fingerprint density at radius 2 is 1.88 bits per heavy atom. The van der Waals surface area contributed by atoms with Crippen LogP contribution in [0.1, 0.15) is 41.3 Å². The smallest absolute Gasteiger partial charge is 0.314 e. The van der Waals surface area contributed by atoms with E-state index in [0.717, 1.165) is 4.31 Å². The number of hydrogen-bond acceptors (Lipinski definition) is 8. The summed E-state index contributed by atoms with van der Waals surface area (Å²) >= 11 is 0. The van der Waals surface area contributed by atoms with E-state index in [4.69, 9.17) is 4.42 Å². The monoisotopic (exact) mass is 488 g/mol. The Kier molecular flexibility index (Phi) is 5.46. The predicted molar refractivity (Wildman–Crippen MR) is 113 cm³/mol. The maximum atomic E-state index is 13.6. The van der Waals surface area contributed by atoms with Crippen LogP contribution in [0.15, 0.2) is 64.3 Å². The number of halogens is 2. The van der Waals surface area contributed by atoms with Crippen molar-refractivity contribution in [3.8, 4) is 11.5 Å². The average Bonchev–Trinajstić information content (AvgIpc) is 3.54. The van der Waals surface area contributed by atoms with Gasteiger partial charge in [0.15, 0.2) is 0 Å². The van der Waals surface area contributed by atoms with Crippen LogP contribution in [0.25, 0.3) is 11.5 Å². The Balaban J connectivity index is 1.56. The first kappa shape index (κ1) is 22.3. The summed E-state index contributed by atoms with van der Waals surface area (Å²) in [5.74, 6) is -1.14. The molecule has 13 heteroatoms. The lowest BCUT2D eigenvalue weighted by Gasteiger charge is -2.30. The molecule has 0 aliphatic carbocycles. The highest BCUT2D eigenvalue weighted by molar-refractivity contribution is 7.89. The van der Waals surface area contributed by atoms with Crippen LogP contribution >= 0.6 is 0 Å². The van der Waals surface area contributed by atoms with E-state index in [-0.39, 0.29) is 28.6 Å². The van der Waals surface area contributed by atoms with Crippen LogP contribution in [-0.2, 0) is 23.6 Å². The molecule has 0 bridgehead atoms. The second-order valence-corrected chi connectivity index (χ2v) is 9.57. The minimum atomic E-state index is -4.14. The van der Waals surface area contributed by atoms with Gasteiger partial charge >= 0.3 is 6.43 Å². The maximum Gasteiger partial charge on any atom is 0.314 e. The number of pyridine rings is 1. The molecule has 0 unspecified atom stereocenters. The lowest BCUT2D eigenvalue weighted by Crippen LogP contribution is -2.33. The number of fused-ring (bicyclic) bond motifs is 1. The summed E-state index contributed by atoms with van der Waals surface area (Å²) in [5.41, 5.74) is 1.35. The molecule has 1 aliphatic rings. The number of hydrogen-bond donors (Lipinski definition) is 1. The second kappa shape index (κ2) is 8.34. The van der Waals surface area contributed by atoms with Crippen LogP contribution in [0.4, 0.5) is 8.78 Å². The molecule has 10 nitrogen and oxygen atoms in total. The average molecular weight is 488 g/mol. The first-order chi connectivity index (χ1) is 16.3. The lowest BCUT2D eigenvalue weighted by molar-refractivity contribution is 0.0881. The van der Waals surface area contributed by atoms with Crippen molar-refractivity contribution in [2.24, 2.45) is 7.05 Å². The van der Waals surface area contributed by atoms with Crippen molar-refractivity contribution >= 4 is 10.0 Å². The molecule has 1 aromatic carbocycles. The number of aliphatic hydroxyl groups excluding tert-OH is 1. The van der Waals surface area contributed by atoms with Crippen molar-refractivity contribution in [2.75, 3.05) is 0 Å². The number of alkyl halides is 2. The first-order valence-electron chi connectivity index (χ1n) is 10.1. The molecule has 0 fully saturated rings. The third kappa shape index (κ3) is 3.77. The molecule has 34 heavy (non-hydrogen) atoms. The van der Waals surface area contributed by atoms with Gasteiger partial charge in [0.25, 0.3) is 5.89 Å². The molecule has 4 aromatic rings. The molecule has 0 amide bonds. The molecule has 1 N–H and O–H groups in total. The van der Waals surface area contributed by atoms with Crippen LogP contribution in [-0.4, -0.2) is 42.8 Å². The fourth-order valence-corrected chi connectivity index (χ4v) is 5.68. The molecule has 4 heterocycles. The summed E-state index contributed by atoms with van der Waals surface area (Å²) < 4.78 is 60.4. The minimum absolute atomic E-state index is 0.0881. The molecule has 2 atom stereocenters. The zero-order valence-electron chi connectivity index (χ0n) is 17.7. The molecular formula is C21H18F2N6O4S. The topological polar surface area (TPSA) is 127 Å². The van der Waals surface area contributed by atoms with Crippen LogP contribution in [0.3, 0.4) is 0 Å². The summed E-state index contributed by atoms with van der Waals surface area (Å²) in [4.78, 5) is 4.08. The second-order valence-electron chi connectivity index (χ2n) is 7.71. The number of sulfonamides is 1. The van der Waals surface area contributed by atoms with Crippen LogP contribution < -0.4 is 0 Å². The Morgan fingerprint density at radius 3 is 2.53 bits per heavy atom. The van der Waals surface area contributed by atoms with E-state index >= 15 is 0 Å². The van der Waals surface area contributed by atoms with E-state index in [0.29, 0.717) is 11.1 Å². The first-order valence-corrected chi connectivity index (χ1v) is 11.5. The molecule has 176 valence electrons. The van der Waals surface area contributed by atoms with Gasteiger partial charge < -0.3 is 9.52 Å². The van der Waals surface area contributed by atoms with Gasteiger partial charge in [-0.2, -0.15) is 18.2 Å². The molecule has 5 rings (SSSR count). The predicted octanol–water partition coefficient (Wildman–Crippen LogP) is 2.78.